The van der Waals surface area contributed by atoms with Crippen LogP contribution in [0.25, 0.3) is 0 Å². The minimum atomic E-state index is -1.21. The zero-order chi connectivity index (χ0) is 15.6. The van der Waals surface area contributed by atoms with Crippen LogP contribution in [0.1, 0.15) is 25.7 Å². The van der Waals surface area contributed by atoms with Crippen molar-refractivity contribution in [2.24, 2.45) is 0 Å². The topological polar surface area (TPSA) is 83.7 Å². The van der Waals surface area contributed by atoms with Crippen molar-refractivity contribution in [1.82, 2.24) is 0 Å². The molecule has 0 amide bonds. The maximum atomic E-state index is 14.0. The van der Waals surface area contributed by atoms with Gasteiger partial charge in [0, 0.05) is 6.04 Å². The monoisotopic (exact) mass is 300 g/mol. The molecule has 0 atom stereocenters. The van der Waals surface area contributed by atoms with Crippen LogP contribution >= 0.6 is 0 Å². The number of carboxylic acids is 1. The fourth-order valence-electron chi connectivity index (χ4n) is 2.68. The summed E-state index contributed by atoms with van der Waals surface area (Å²) < 4.78 is 28.1. The Morgan fingerprint density at radius 1 is 1.33 bits per heavy atom. The van der Waals surface area contributed by atoms with Crippen LogP contribution in [-0.2, 0) is 4.79 Å². The smallest absolute Gasteiger partial charge is 0.323 e. The van der Waals surface area contributed by atoms with Crippen LogP contribution in [0.4, 0.5) is 20.2 Å². The first-order chi connectivity index (χ1) is 9.90. The van der Waals surface area contributed by atoms with Crippen LogP contribution in [0.15, 0.2) is 12.1 Å². The van der Waals surface area contributed by atoms with Crippen molar-refractivity contribution in [2.75, 3.05) is 11.4 Å². The van der Waals surface area contributed by atoms with Crippen molar-refractivity contribution in [3.63, 3.8) is 0 Å². The second kappa shape index (κ2) is 6.02. The van der Waals surface area contributed by atoms with E-state index in [1.54, 1.807) is 0 Å². The first kappa shape index (κ1) is 15.1. The van der Waals surface area contributed by atoms with E-state index in [0.717, 1.165) is 17.7 Å². The number of aliphatic carboxylic acids is 1. The lowest BCUT2D eigenvalue weighted by molar-refractivity contribution is -0.385. The van der Waals surface area contributed by atoms with Crippen molar-refractivity contribution in [2.45, 2.75) is 31.7 Å². The summed E-state index contributed by atoms with van der Waals surface area (Å²) in [5.41, 5.74) is -1.20. The Morgan fingerprint density at radius 3 is 2.29 bits per heavy atom. The minimum absolute atomic E-state index is 0.272. The first-order valence-electron chi connectivity index (χ1n) is 6.52. The third-order valence-electron chi connectivity index (χ3n) is 3.57. The normalized spacial score (nSPS) is 15.1. The summed E-state index contributed by atoms with van der Waals surface area (Å²) in [4.78, 5) is 21.8. The molecule has 0 bridgehead atoms. The fraction of sp³-hybridized carbons (Fsp3) is 0.462. The van der Waals surface area contributed by atoms with Crippen molar-refractivity contribution in [1.29, 1.82) is 0 Å². The number of rotatable bonds is 5. The number of hydrogen-bond acceptors (Lipinski definition) is 4. The molecule has 1 aliphatic carbocycles. The van der Waals surface area contributed by atoms with Gasteiger partial charge in [-0.1, -0.05) is 12.8 Å². The average Bonchev–Trinajstić information content (AvgIpc) is 2.89. The Hall–Kier alpha value is -2.25. The van der Waals surface area contributed by atoms with E-state index < -0.39 is 40.4 Å². The van der Waals surface area contributed by atoms with Crippen molar-refractivity contribution in [3.8, 4) is 0 Å². The third kappa shape index (κ3) is 3.26. The van der Waals surface area contributed by atoms with E-state index in [2.05, 4.69) is 0 Å². The maximum Gasteiger partial charge on any atom is 0.323 e. The van der Waals surface area contributed by atoms with Crippen LogP contribution < -0.4 is 4.90 Å². The average molecular weight is 300 g/mol. The van der Waals surface area contributed by atoms with E-state index in [-0.39, 0.29) is 6.04 Å². The molecule has 1 N–H and O–H groups in total. The lowest BCUT2D eigenvalue weighted by Gasteiger charge is -2.30. The second-order valence-electron chi connectivity index (χ2n) is 4.98. The number of nitro benzene ring substituents is 1. The predicted molar refractivity (Wildman–Crippen MR) is 70.3 cm³/mol. The van der Waals surface area contributed by atoms with Gasteiger partial charge < -0.3 is 10.0 Å². The van der Waals surface area contributed by atoms with Crippen molar-refractivity contribution in [3.05, 3.63) is 33.9 Å². The molecule has 21 heavy (non-hydrogen) atoms. The number of hydrogen-bond donors (Lipinski definition) is 1. The molecule has 0 unspecified atom stereocenters. The minimum Gasteiger partial charge on any atom is -0.480 e. The highest BCUT2D eigenvalue weighted by Gasteiger charge is 2.30. The van der Waals surface area contributed by atoms with Gasteiger partial charge in [0.15, 0.2) is 11.6 Å². The molecule has 114 valence electrons. The molecule has 0 saturated heterocycles. The fourth-order valence-corrected chi connectivity index (χ4v) is 2.68. The van der Waals surface area contributed by atoms with Crippen LogP contribution in [0.3, 0.4) is 0 Å². The van der Waals surface area contributed by atoms with Gasteiger partial charge in [-0.25, -0.2) is 8.78 Å². The van der Waals surface area contributed by atoms with Crippen LogP contribution in [0.2, 0.25) is 0 Å². The highest BCUT2D eigenvalue weighted by atomic mass is 19.1. The first-order valence-corrected chi connectivity index (χ1v) is 6.52. The molecule has 1 saturated carbocycles. The van der Waals surface area contributed by atoms with E-state index in [0.29, 0.717) is 25.0 Å². The number of halogens is 2. The number of carboxylic acid groups (broad SMARTS) is 1. The number of carbonyl (C=O) groups is 1. The molecule has 0 aliphatic heterocycles. The van der Waals surface area contributed by atoms with Crippen LogP contribution in [0, 0.1) is 21.7 Å². The van der Waals surface area contributed by atoms with E-state index in [1.807, 2.05) is 0 Å². The molecule has 1 aliphatic rings. The summed E-state index contributed by atoms with van der Waals surface area (Å²) in [6.07, 6.45) is 3.00. The highest BCUT2D eigenvalue weighted by molar-refractivity contribution is 5.74. The number of non-ortho nitro benzene ring substituents is 1. The van der Waals surface area contributed by atoms with E-state index in [1.165, 1.54) is 0 Å². The molecule has 6 nitrogen and oxygen atoms in total. The van der Waals surface area contributed by atoms with E-state index >= 15 is 0 Å². The number of anilines is 1. The molecule has 0 aromatic heterocycles. The summed E-state index contributed by atoms with van der Waals surface area (Å²) >= 11 is 0. The van der Waals surface area contributed by atoms with Crippen LogP contribution in [-0.4, -0.2) is 28.6 Å². The Kier molecular flexibility index (Phi) is 4.35. The zero-order valence-electron chi connectivity index (χ0n) is 11.1. The second-order valence-corrected chi connectivity index (χ2v) is 4.98. The summed E-state index contributed by atoms with van der Waals surface area (Å²) in [6.45, 7) is -0.545. The maximum absolute atomic E-state index is 14.0. The number of nitro groups is 1. The molecule has 1 aromatic carbocycles. The third-order valence-corrected chi connectivity index (χ3v) is 3.57. The Morgan fingerprint density at radius 2 is 1.86 bits per heavy atom. The molecule has 1 aromatic rings. The molecule has 0 spiro atoms. The van der Waals surface area contributed by atoms with Gasteiger partial charge in [-0.15, -0.1) is 0 Å². The van der Waals surface area contributed by atoms with Gasteiger partial charge in [0.05, 0.1) is 17.1 Å². The summed E-state index contributed by atoms with van der Waals surface area (Å²) in [7, 11) is 0. The predicted octanol–water partition coefficient (Wildman–Crippen LogP) is 2.71. The molecule has 8 heteroatoms. The Balaban J connectivity index is 2.43. The van der Waals surface area contributed by atoms with Gasteiger partial charge in [-0.2, -0.15) is 0 Å². The number of nitrogens with zero attached hydrogens (tertiary/aromatic N) is 2. The lowest BCUT2D eigenvalue weighted by atomic mass is 10.1. The van der Waals surface area contributed by atoms with Gasteiger partial charge in [0.1, 0.15) is 12.2 Å². The molecule has 0 radical (unpaired) electrons. The molecule has 2 rings (SSSR count). The van der Waals surface area contributed by atoms with Crippen molar-refractivity contribution < 1.29 is 23.6 Å². The van der Waals surface area contributed by atoms with Crippen LogP contribution in [0.5, 0.6) is 0 Å². The van der Waals surface area contributed by atoms with E-state index in [9.17, 15) is 23.7 Å². The van der Waals surface area contributed by atoms with Gasteiger partial charge in [0.25, 0.3) is 5.69 Å². The summed E-state index contributed by atoms with van der Waals surface area (Å²) in [5.74, 6) is -3.44. The molecule has 0 heterocycles. The summed E-state index contributed by atoms with van der Waals surface area (Å²) in [6, 6.07) is 0.955. The van der Waals surface area contributed by atoms with Gasteiger partial charge >= 0.3 is 5.97 Å². The van der Waals surface area contributed by atoms with E-state index in [4.69, 9.17) is 5.11 Å². The number of benzene rings is 1. The standard InChI is InChI=1S/C13H14F2N2O4/c14-10-5-9(17(20)21)6-11(15)13(10)16(7-12(18)19)8-3-1-2-4-8/h5-6,8H,1-4,7H2,(H,18,19). The highest BCUT2D eigenvalue weighted by Crippen LogP contribution is 2.33. The van der Waals surface area contributed by atoms with Gasteiger partial charge in [0.2, 0.25) is 0 Å². The Bertz CT molecular complexity index is 550. The zero-order valence-corrected chi connectivity index (χ0v) is 11.1. The summed E-state index contributed by atoms with van der Waals surface area (Å²) in [5, 5.41) is 19.5. The molecule has 1 fully saturated rings. The molecular weight excluding hydrogens is 286 g/mol. The van der Waals surface area contributed by atoms with Gasteiger partial charge in [-0.3, -0.25) is 14.9 Å². The molecular formula is C13H14F2N2O4. The van der Waals surface area contributed by atoms with Crippen molar-refractivity contribution >= 4 is 17.3 Å². The lowest BCUT2D eigenvalue weighted by Crippen LogP contribution is -2.38. The largest absolute Gasteiger partial charge is 0.480 e. The quantitative estimate of drug-likeness (QED) is 0.667. The Labute approximate surface area is 119 Å². The SMILES string of the molecule is O=C(O)CN(c1c(F)cc([N+](=O)[O-])cc1F)C1CCCC1. The van der Waals surface area contributed by atoms with Gasteiger partial charge in [-0.05, 0) is 12.8 Å².